The molecule has 0 atom stereocenters. The molecule has 0 N–H and O–H groups in total. The van der Waals surface area contributed by atoms with Gasteiger partial charge in [-0.2, -0.15) is 0 Å². The summed E-state index contributed by atoms with van der Waals surface area (Å²) >= 11 is 22.6. The van der Waals surface area contributed by atoms with Crippen molar-refractivity contribution in [1.29, 1.82) is 0 Å². The molecule has 0 saturated carbocycles. The van der Waals surface area contributed by atoms with Gasteiger partial charge in [-0.05, 0) is 158 Å². The van der Waals surface area contributed by atoms with Crippen molar-refractivity contribution in [3.63, 3.8) is 0 Å². The summed E-state index contributed by atoms with van der Waals surface area (Å²) in [5.41, 5.74) is 14.7. The van der Waals surface area contributed by atoms with Crippen LogP contribution in [0.1, 0.15) is 0 Å². The van der Waals surface area contributed by atoms with E-state index in [0.29, 0.717) is 0 Å². The molecule has 8 aromatic heterocycles. The van der Waals surface area contributed by atoms with E-state index in [-0.39, 0.29) is 0 Å². The third-order valence-electron chi connectivity index (χ3n) is 21.0. The van der Waals surface area contributed by atoms with Gasteiger partial charge in [-0.25, -0.2) is 0 Å². The van der Waals surface area contributed by atoms with Crippen LogP contribution < -0.4 is 0 Å². The lowest BCUT2D eigenvalue weighted by atomic mass is 10.1. The molecule has 4 nitrogen and oxygen atoms in total. The molecular formula is C96H56Br4N4S4. The lowest BCUT2D eigenvalue weighted by Gasteiger charge is -2.08. The van der Waals surface area contributed by atoms with Gasteiger partial charge >= 0.3 is 0 Å². The highest BCUT2D eigenvalue weighted by atomic mass is 79.9. The summed E-state index contributed by atoms with van der Waals surface area (Å²) in [4.78, 5) is 0. The van der Waals surface area contributed by atoms with Crippen LogP contribution in [0.15, 0.2) is 358 Å². The van der Waals surface area contributed by atoms with Crippen molar-refractivity contribution >= 4 is 277 Å². The number of fused-ring (bicyclic) bond motifs is 27. The Morgan fingerprint density at radius 3 is 1.13 bits per heavy atom. The zero-order valence-electron chi connectivity index (χ0n) is 57.3. The molecule has 108 heavy (non-hydrogen) atoms. The van der Waals surface area contributed by atoms with Crippen LogP contribution in [0.25, 0.3) is 191 Å². The highest BCUT2D eigenvalue weighted by molar-refractivity contribution is 9.11. The molecule has 24 rings (SSSR count). The summed E-state index contributed by atoms with van der Waals surface area (Å²) in [7, 11) is 0. The second-order valence-corrected chi connectivity index (χ2v) is 34.8. The minimum atomic E-state index is 1.11. The van der Waals surface area contributed by atoms with Crippen molar-refractivity contribution in [2.24, 2.45) is 0 Å². The molecule has 0 spiro atoms. The Balaban J connectivity index is 0.0000000919. The maximum absolute atomic E-state index is 3.82. The second kappa shape index (κ2) is 26.7. The molecule has 0 fully saturated rings. The van der Waals surface area contributed by atoms with Gasteiger partial charge in [-0.1, -0.05) is 246 Å². The Bertz CT molecular complexity index is 7730. The Kier molecular flexibility index (Phi) is 16.3. The van der Waals surface area contributed by atoms with E-state index in [2.05, 4.69) is 422 Å². The Labute approximate surface area is 668 Å². The predicted molar refractivity (Wildman–Crippen MR) is 485 cm³/mol. The summed E-state index contributed by atoms with van der Waals surface area (Å²) in [6.45, 7) is 0. The number of rotatable bonds is 4. The average Bonchev–Trinajstić information content (AvgIpc) is 1.56. The maximum atomic E-state index is 3.82. The quantitative estimate of drug-likeness (QED) is 0.167. The third kappa shape index (κ3) is 10.6. The van der Waals surface area contributed by atoms with Gasteiger partial charge in [0.25, 0.3) is 0 Å². The largest absolute Gasteiger partial charge is 0.309 e. The highest BCUT2D eigenvalue weighted by Gasteiger charge is 2.24. The van der Waals surface area contributed by atoms with E-state index in [9.17, 15) is 0 Å². The number of aromatic nitrogens is 4. The smallest absolute Gasteiger partial charge is 0.0634 e. The van der Waals surface area contributed by atoms with Crippen molar-refractivity contribution < 1.29 is 0 Å². The lowest BCUT2D eigenvalue weighted by Crippen LogP contribution is -1.93. The predicted octanol–water partition coefficient (Wildman–Crippen LogP) is 31.7. The van der Waals surface area contributed by atoms with Gasteiger partial charge in [-0.3, -0.25) is 0 Å². The topological polar surface area (TPSA) is 19.7 Å². The molecule has 0 radical (unpaired) electrons. The summed E-state index contributed by atoms with van der Waals surface area (Å²) < 4.78 is 24.8. The normalized spacial score (nSPS) is 11.9. The molecule has 0 bridgehead atoms. The molecule has 512 valence electrons. The van der Waals surface area contributed by atoms with E-state index in [0.717, 1.165) is 17.9 Å². The van der Waals surface area contributed by atoms with Crippen LogP contribution in [0.2, 0.25) is 0 Å². The number of hydrogen-bond acceptors (Lipinski definition) is 4. The number of hydrogen-bond donors (Lipinski definition) is 0. The molecule has 24 aromatic rings. The molecule has 8 heterocycles. The average molecular weight is 1710 g/mol. The van der Waals surface area contributed by atoms with Crippen LogP contribution in [-0.2, 0) is 0 Å². The van der Waals surface area contributed by atoms with E-state index in [4.69, 9.17) is 0 Å². The molecule has 0 amide bonds. The number of nitrogens with zero attached hydrogens (tertiary/aromatic N) is 4. The van der Waals surface area contributed by atoms with Gasteiger partial charge in [0.15, 0.2) is 0 Å². The minimum absolute atomic E-state index is 1.11. The van der Waals surface area contributed by atoms with Crippen molar-refractivity contribution in [1.82, 2.24) is 18.3 Å². The molecule has 0 aliphatic heterocycles. The van der Waals surface area contributed by atoms with E-state index < -0.39 is 0 Å². The van der Waals surface area contributed by atoms with Crippen LogP contribution in [0, 0.1) is 0 Å². The first-order valence-electron chi connectivity index (χ1n) is 35.6. The zero-order valence-corrected chi connectivity index (χ0v) is 66.9. The van der Waals surface area contributed by atoms with Gasteiger partial charge in [-0.15, -0.1) is 45.3 Å². The zero-order chi connectivity index (χ0) is 71.8. The Morgan fingerprint density at radius 1 is 0.185 bits per heavy atom. The summed E-state index contributed by atoms with van der Waals surface area (Å²) in [6, 6.07) is 122. The minimum Gasteiger partial charge on any atom is -0.309 e. The molecule has 0 aliphatic carbocycles. The molecule has 0 saturated heterocycles. The number of halogens is 4. The molecule has 12 heteroatoms. The summed E-state index contributed by atoms with van der Waals surface area (Å²) in [6.07, 6.45) is 0. The van der Waals surface area contributed by atoms with Gasteiger partial charge in [0.2, 0.25) is 0 Å². The van der Waals surface area contributed by atoms with Crippen molar-refractivity contribution in [2.45, 2.75) is 0 Å². The maximum Gasteiger partial charge on any atom is 0.0634 e. The summed E-state index contributed by atoms with van der Waals surface area (Å²) in [5, 5.41) is 21.1. The van der Waals surface area contributed by atoms with Gasteiger partial charge in [0.05, 0.1) is 44.1 Å². The summed E-state index contributed by atoms with van der Waals surface area (Å²) in [5.74, 6) is 0. The van der Waals surface area contributed by atoms with Crippen LogP contribution in [0.3, 0.4) is 0 Å². The first-order valence-corrected chi connectivity index (χ1v) is 42.1. The van der Waals surface area contributed by atoms with Gasteiger partial charge in [0.1, 0.15) is 0 Å². The van der Waals surface area contributed by atoms with Gasteiger partial charge < -0.3 is 18.3 Å². The lowest BCUT2D eigenvalue weighted by molar-refractivity contribution is 1.18. The SMILES string of the molecule is Brc1ccc2c(c1)c1c3sc4ccccc4c3ccc1n2-c1ccccc1.Brc1cccc2c1c1c3sc4ccccc4c3ccc1n2-c1ccccc1.Brc1cccc2c1c1cc3sc4ccccc4c3cc1n2-c1ccccc1.Brc1cccc2c1c1ccc3sc4ccccc4c3c1n2-c1ccccc1. The second-order valence-electron chi connectivity index (χ2n) is 27.0. The number of benzene rings is 16. The van der Waals surface area contributed by atoms with Crippen molar-refractivity contribution in [3.05, 3.63) is 358 Å². The molecule has 0 aliphatic rings. The van der Waals surface area contributed by atoms with Crippen LogP contribution in [0.5, 0.6) is 0 Å². The monoisotopic (exact) mass is 1710 g/mol. The fourth-order valence-corrected chi connectivity index (χ4v) is 23.3. The van der Waals surface area contributed by atoms with Crippen LogP contribution >= 0.6 is 109 Å². The standard InChI is InChI=1S/4C24H14BrNS/c25-19-10-6-11-20-24(19)18-14-23-17(16-9-4-5-12-22(16)27-23)13-21(18)26(20)15-7-2-1-3-8-15;25-18-10-6-11-19-22(18)17-13-14-21-23(16-9-4-5-12-20(16)27-21)24(17)26(19)15-7-2-1-3-8-15;25-18-10-6-11-19-22(18)23-20(26(19)15-7-2-1-3-8-15)14-13-17-16-9-4-5-12-21(16)27-24(17)23;25-15-10-12-20-19(14-15)23-21(26(20)16-6-2-1-3-7-16)13-11-18-17-8-4-5-9-22(17)27-24(18)23/h4*1-14H. The van der Waals surface area contributed by atoms with Crippen molar-refractivity contribution in [3.8, 4) is 22.7 Å². The fourth-order valence-electron chi connectivity index (χ4n) is 16.5. The van der Waals surface area contributed by atoms with Gasteiger partial charge in [0, 0.05) is 164 Å². The van der Waals surface area contributed by atoms with E-state index in [1.807, 2.05) is 45.3 Å². The Hall–Kier alpha value is -10.5. The Morgan fingerprint density at radius 2 is 0.565 bits per heavy atom. The fraction of sp³-hybridized carbons (Fsp3) is 0. The van der Waals surface area contributed by atoms with E-state index >= 15 is 0 Å². The first kappa shape index (κ1) is 65.8. The first-order chi connectivity index (χ1) is 53.3. The van der Waals surface area contributed by atoms with E-state index in [1.165, 1.54) is 191 Å². The molecular weight excluding hydrogens is 1660 g/mol. The highest BCUT2D eigenvalue weighted by Crippen LogP contribution is 2.50. The number of para-hydroxylation sites is 4. The number of thiophene rings is 4. The van der Waals surface area contributed by atoms with Crippen LogP contribution in [0.4, 0.5) is 0 Å². The van der Waals surface area contributed by atoms with Crippen LogP contribution in [-0.4, -0.2) is 18.3 Å². The molecule has 16 aromatic carbocycles. The molecule has 0 unspecified atom stereocenters. The third-order valence-corrected chi connectivity index (χ3v) is 28.2. The van der Waals surface area contributed by atoms with E-state index in [1.54, 1.807) is 0 Å². The van der Waals surface area contributed by atoms with Crippen molar-refractivity contribution in [2.75, 3.05) is 0 Å².